The van der Waals surface area contributed by atoms with Crippen LogP contribution in [0.5, 0.6) is 0 Å². The summed E-state index contributed by atoms with van der Waals surface area (Å²) in [7, 11) is 0. The third kappa shape index (κ3) is 5.03. The highest BCUT2D eigenvalue weighted by molar-refractivity contribution is 6.26. The molecule has 0 N–H and O–H groups in total. The first-order chi connectivity index (χ1) is 10.9. The molecule has 0 saturated heterocycles. The van der Waals surface area contributed by atoms with Crippen molar-refractivity contribution in [2.75, 3.05) is 13.2 Å². The molecule has 0 bridgehead atoms. The fourth-order valence-electron chi connectivity index (χ4n) is 1.62. The van der Waals surface area contributed by atoms with Gasteiger partial charge in [-0.15, -0.1) is 0 Å². The van der Waals surface area contributed by atoms with Crippen LogP contribution in [0.25, 0.3) is 0 Å². The summed E-state index contributed by atoms with van der Waals surface area (Å²) >= 11 is 0. The first-order valence-electron chi connectivity index (χ1n) is 6.75. The number of carbonyl (C=O) groups excluding carboxylic acids is 3. The van der Waals surface area contributed by atoms with E-state index < -0.39 is 28.2 Å². The second-order valence-corrected chi connectivity index (χ2v) is 4.16. The molecule has 0 aliphatic heterocycles. The minimum Gasteiger partial charge on any atom is -0.463 e. The fourth-order valence-corrected chi connectivity index (χ4v) is 1.62. The summed E-state index contributed by atoms with van der Waals surface area (Å²) in [4.78, 5) is 45.7. The SMILES string of the molecule is CCOC(=O)/C=C(\C(=O)OCC)C(=O)c1ccc([N+](=O)[O-])cc1. The molecular weight excluding hydrogens is 306 g/mol. The van der Waals surface area contributed by atoms with Gasteiger partial charge in [-0.25, -0.2) is 9.59 Å². The maximum absolute atomic E-state index is 12.3. The van der Waals surface area contributed by atoms with E-state index in [2.05, 4.69) is 4.74 Å². The lowest BCUT2D eigenvalue weighted by Gasteiger charge is -2.06. The van der Waals surface area contributed by atoms with Crippen molar-refractivity contribution in [3.63, 3.8) is 0 Å². The molecule has 0 fully saturated rings. The molecular formula is C15H15NO7. The fraction of sp³-hybridized carbons (Fsp3) is 0.267. The molecule has 8 nitrogen and oxygen atoms in total. The van der Waals surface area contributed by atoms with Crippen LogP contribution in [0.1, 0.15) is 24.2 Å². The van der Waals surface area contributed by atoms with Gasteiger partial charge in [0.15, 0.2) is 0 Å². The van der Waals surface area contributed by atoms with Crippen molar-refractivity contribution in [2.24, 2.45) is 0 Å². The largest absolute Gasteiger partial charge is 0.463 e. The zero-order chi connectivity index (χ0) is 17.4. The van der Waals surface area contributed by atoms with Crippen LogP contribution in [-0.2, 0) is 19.1 Å². The minimum atomic E-state index is -0.969. The van der Waals surface area contributed by atoms with Gasteiger partial charge in [0.2, 0.25) is 5.78 Å². The van der Waals surface area contributed by atoms with Crippen LogP contribution >= 0.6 is 0 Å². The van der Waals surface area contributed by atoms with Crippen molar-refractivity contribution in [1.82, 2.24) is 0 Å². The number of nitro groups is 1. The zero-order valence-corrected chi connectivity index (χ0v) is 12.6. The van der Waals surface area contributed by atoms with E-state index in [4.69, 9.17) is 4.74 Å². The van der Waals surface area contributed by atoms with E-state index in [-0.39, 0.29) is 24.5 Å². The predicted octanol–water partition coefficient (Wildman–Crippen LogP) is 1.83. The van der Waals surface area contributed by atoms with E-state index in [1.165, 1.54) is 12.1 Å². The summed E-state index contributed by atoms with van der Waals surface area (Å²) < 4.78 is 9.42. The van der Waals surface area contributed by atoms with Crippen LogP contribution in [0, 0.1) is 10.1 Å². The second kappa shape index (κ2) is 8.42. The van der Waals surface area contributed by atoms with Crippen LogP contribution in [0.15, 0.2) is 35.9 Å². The number of hydrogen-bond donors (Lipinski definition) is 0. The Kier molecular flexibility index (Phi) is 6.60. The van der Waals surface area contributed by atoms with Crippen molar-refractivity contribution in [3.05, 3.63) is 51.6 Å². The van der Waals surface area contributed by atoms with E-state index in [1.54, 1.807) is 13.8 Å². The van der Waals surface area contributed by atoms with E-state index in [9.17, 15) is 24.5 Å². The summed E-state index contributed by atoms with van der Waals surface area (Å²) in [6, 6.07) is 4.64. The maximum atomic E-state index is 12.3. The molecule has 0 saturated carbocycles. The molecule has 0 aromatic heterocycles. The highest BCUT2D eigenvalue weighted by Crippen LogP contribution is 2.16. The first-order valence-corrected chi connectivity index (χ1v) is 6.75. The molecule has 0 unspecified atom stereocenters. The van der Waals surface area contributed by atoms with E-state index in [0.717, 1.165) is 18.2 Å². The number of carbonyl (C=O) groups is 3. The second-order valence-electron chi connectivity index (χ2n) is 4.16. The van der Waals surface area contributed by atoms with Crippen LogP contribution < -0.4 is 0 Å². The van der Waals surface area contributed by atoms with E-state index in [1.807, 2.05) is 0 Å². The third-order valence-corrected chi connectivity index (χ3v) is 2.63. The third-order valence-electron chi connectivity index (χ3n) is 2.63. The highest BCUT2D eigenvalue weighted by Gasteiger charge is 2.23. The normalized spacial score (nSPS) is 10.8. The van der Waals surface area contributed by atoms with Crippen LogP contribution in [0.3, 0.4) is 0 Å². The molecule has 1 aromatic carbocycles. The number of benzene rings is 1. The number of ketones is 1. The number of nitro benzene ring substituents is 1. The van der Waals surface area contributed by atoms with Gasteiger partial charge >= 0.3 is 11.9 Å². The molecule has 8 heteroatoms. The Hall–Kier alpha value is -3.03. The molecule has 0 heterocycles. The number of esters is 2. The Morgan fingerprint density at radius 1 is 1.09 bits per heavy atom. The Morgan fingerprint density at radius 2 is 1.65 bits per heavy atom. The number of ether oxygens (including phenoxy) is 2. The Morgan fingerprint density at radius 3 is 2.13 bits per heavy atom. The van der Waals surface area contributed by atoms with Gasteiger partial charge in [0.05, 0.1) is 18.1 Å². The monoisotopic (exact) mass is 321 g/mol. The summed E-state index contributed by atoms with van der Waals surface area (Å²) in [5.74, 6) is -2.61. The quantitative estimate of drug-likeness (QED) is 0.143. The maximum Gasteiger partial charge on any atom is 0.342 e. The lowest BCUT2D eigenvalue weighted by atomic mass is 10.0. The number of rotatable bonds is 7. The van der Waals surface area contributed by atoms with Crippen molar-refractivity contribution < 1.29 is 28.8 Å². The van der Waals surface area contributed by atoms with Crippen molar-refractivity contribution >= 4 is 23.4 Å². The summed E-state index contributed by atoms with van der Waals surface area (Å²) in [5.41, 5.74) is -0.688. The predicted molar refractivity (Wildman–Crippen MR) is 78.8 cm³/mol. The molecule has 1 rings (SSSR count). The molecule has 0 spiro atoms. The van der Waals surface area contributed by atoms with Gasteiger partial charge in [-0.3, -0.25) is 14.9 Å². The lowest BCUT2D eigenvalue weighted by Crippen LogP contribution is -2.18. The Labute approximate surface area is 131 Å². The molecule has 0 atom stereocenters. The van der Waals surface area contributed by atoms with Gasteiger partial charge in [-0.1, -0.05) is 0 Å². The molecule has 0 aliphatic rings. The van der Waals surface area contributed by atoms with Crippen LogP contribution in [0.2, 0.25) is 0 Å². The van der Waals surface area contributed by atoms with Gasteiger partial charge in [-0.05, 0) is 26.0 Å². The highest BCUT2D eigenvalue weighted by atomic mass is 16.6. The number of nitrogens with zero attached hydrogens (tertiary/aromatic N) is 1. The van der Waals surface area contributed by atoms with Crippen molar-refractivity contribution in [1.29, 1.82) is 0 Å². The average Bonchev–Trinajstić information content (AvgIpc) is 2.52. The average molecular weight is 321 g/mol. The van der Waals surface area contributed by atoms with Gasteiger partial charge in [0.25, 0.3) is 5.69 Å². The summed E-state index contributed by atoms with van der Waals surface area (Å²) in [6.45, 7) is 3.23. The Bertz CT molecular complexity index is 646. The van der Waals surface area contributed by atoms with Gasteiger partial charge < -0.3 is 9.47 Å². The topological polar surface area (TPSA) is 113 Å². The molecule has 1 aromatic rings. The van der Waals surface area contributed by atoms with E-state index in [0.29, 0.717) is 0 Å². The van der Waals surface area contributed by atoms with Gasteiger partial charge in [0.1, 0.15) is 5.57 Å². The van der Waals surface area contributed by atoms with Crippen molar-refractivity contribution in [3.8, 4) is 0 Å². The van der Waals surface area contributed by atoms with E-state index >= 15 is 0 Å². The van der Waals surface area contributed by atoms with Crippen molar-refractivity contribution in [2.45, 2.75) is 13.8 Å². The minimum absolute atomic E-state index is 0.0131. The lowest BCUT2D eigenvalue weighted by molar-refractivity contribution is -0.384. The van der Waals surface area contributed by atoms with Crippen LogP contribution in [0.4, 0.5) is 5.69 Å². The molecule has 23 heavy (non-hydrogen) atoms. The van der Waals surface area contributed by atoms with Crippen LogP contribution in [-0.4, -0.2) is 35.9 Å². The van der Waals surface area contributed by atoms with Gasteiger partial charge in [0, 0.05) is 23.8 Å². The molecule has 0 amide bonds. The summed E-state index contributed by atoms with van der Waals surface area (Å²) in [6.07, 6.45) is 0.755. The standard InChI is InChI=1S/C15H15NO7/c1-3-22-13(17)9-12(15(19)23-4-2)14(18)10-5-7-11(8-6-10)16(20)21/h5-9H,3-4H2,1-2H3/b12-9-. The number of non-ortho nitro benzene ring substituents is 1. The summed E-state index contributed by atoms with van der Waals surface area (Å²) in [5, 5.41) is 10.6. The molecule has 122 valence electrons. The molecule has 0 radical (unpaired) electrons. The number of hydrogen-bond acceptors (Lipinski definition) is 7. The zero-order valence-electron chi connectivity index (χ0n) is 12.6. The first kappa shape index (κ1) is 18.0. The van der Waals surface area contributed by atoms with Gasteiger partial charge in [-0.2, -0.15) is 0 Å². The Balaban J connectivity index is 3.14. The molecule has 0 aliphatic carbocycles. The number of Topliss-reactive ketones (excluding diaryl/α,β-unsaturated/α-hetero) is 1. The smallest absolute Gasteiger partial charge is 0.342 e.